The standard InChI is InChI=1S/C14H16FNO2/c15-11-3-1-10(2-4-11)9-14(18)16-12-5-7-13(17)8-6-12/h1-4,12H,5-9H2,(H,16,18). The van der Waals surface area contributed by atoms with E-state index in [1.54, 1.807) is 12.1 Å². The van der Waals surface area contributed by atoms with Gasteiger partial charge in [-0.2, -0.15) is 0 Å². The first-order valence-electron chi connectivity index (χ1n) is 6.19. The lowest BCUT2D eigenvalue weighted by Crippen LogP contribution is -2.38. The molecule has 1 amide bonds. The molecule has 0 unspecified atom stereocenters. The number of rotatable bonds is 3. The van der Waals surface area contributed by atoms with Crippen LogP contribution in [0.1, 0.15) is 31.2 Å². The molecule has 0 aromatic heterocycles. The third kappa shape index (κ3) is 3.65. The van der Waals surface area contributed by atoms with Crippen LogP contribution in [-0.4, -0.2) is 17.7 Å². The van der Waals surface area contributed by atoms with Gasteiger partial charge in [0.2, 0.25) is 5.91 Å². The molecule has 18 heavy (non-hydrogen) atoms. The average Bonchev–Trinajstić information content (AvgIpc) is 2.35. The van der Waals surface area contributed by atoms with Crippen LogP contribution < -0.4 is 5.32 Å². The summed E-state index contributed by atoms with van der Waals surface area (Å²) < 4.78 is 12.7. The monoisotopic (exact) mass is 249 g/mol. The van der Waals surface area contributed by atoms with Crippen molar-refractivity contribution >= 4 is 11.7 Å². The lowest BCUT2D eigenvalue weighted by molar-refractivity contribution is -0.124. The van der Waals surface area contributed by atoms with Crippen molar-refractivity contribution in [3.05, 3.63) is 35.6 Å². The molecule has 0 aliphatic heterocycles. The maximum atomic E-state index is 12.7. The second-order valence-electron chi connectivity index (χ2n) is 4.68. The molecule has 4 heteroatoms. The highest BCUT2D eigenvalue weighted by Gasteiger charge is 2.20. The molecule has 0 saturated heterocycles. The van der Waals surface area contributed by atoms with Gasteiger partial charge in [0.15, 0.2) is 0 Å². The molecule has 0 heterocycles. The first-order valence-corrected chi connectivity index (χ1v) is 6.19. The van der Waals surface area contributed by atoms with Crippen molar-refractivity contribution in [3.63, 3.8) is 0 Å². The summed E-state index contributed by atoms with van der Waals surface area (Å²) in [5, 5.41) is 2.92. The molecule has 1 saturated carbocycles. The lowest BCUT2D eigenvalue weighted by atomic mass is 9.94. The van der Waals surface area contributed by atoms with Crippen LogP contribution >= 0.6 is 0 Å². The number of amides is 1. The quantitative estimate of drug-likeness (QED) is 0.890. The predicted octanol–water partition coefficient (Wildman–Crippen LogP) is 2.00. The molecule has 3 nitrogen and oxygen atoms in total. The maximum absolute atomic E-state index is 12.7. The molecule has 2 rings (SSSR count). The van der Waals surface area contributed by atoms with E-state index in [2.05, 4.69) is 5.32 Å². The minimum absolute atomic E-state index is 0.0686. The summed E-state index contributed by atoms with van der Waals surface area (Å²) in [6.07, 6.45) is 2.83. The lowest BCUT2D eigenvalue weighted by Gasteiger charge is -2.22. The largest absolute Gasteiger partial charge is 0.353 e. The first kappa shape index (κ1) is 12.7. The second-order valence-corrected chi connectivity index (χ2v) is 4.68. The van der Waals surface area contributed by atoms with E-state index >= 15 is 0 Å². The normalized spacial score (nSPS) is 16.6. The molecule has 0 spiro atoms. The number of halogens is 1. The van der Waals surface area contributed by atoms with Gasteiger partial charge in [-0.05, 0) is 30.5 Å². The molecule has 1 aromatic carbocycles. The number of Topliss-reactive ketones (excluding diaryl/α,β-unsaturated/α-hetero) is 1. The van der Waals surface area contributed by atoms with Crippen LogP contribution in [0.25, 0.3) is 0 Å². The summed E-state index contributed by atoms with van der Waals surface area (Å²) in [7, 11) is 0. The number of ketones is 1. The highest BCUT2D eigenvalue weighted by molar-refractivity contribution is 5.81. The van der Waals surface area contributed by atoms with Crippen LogP contribution in [0.15, 0.2) is 24.3 Å². The molecule has 1 aliphatic rings. The zero-order valence-electron chi connectivity index (χ0n) is 10.1. The van der Waals surface area contributed by atoms with Crippen molar-refractivity contribution in [2.24, 2.45) is 0 Å². The number of hydrogen-bond acceptors (Lipinski definition) is 2. The molecule has 1 aromatic rings. The zero-order chi connectivity index (χ0) is 13.0. The van der Waals surface area contributed by atoms with Gasteiger partial charge < -0.3 is 5.32 Å². The fourth-order valence-corrected chi connectivity index (χ4v) is 2.15. The maximum Gasteiger partial charge on any atom is 0.224 e. The molecule has 1 fully saturated rings. The van der Waals surface area contributed by atoms with Gasteiger partial charge in [-0.15, -0.1) is 0 Å². The molecule has 0 atom stereocenters. The summed E-state index contributed by atoms with van der Waals surface area (Å²) in [5.74, 6) is -0.0926. The van der Waals surface area contributed by atoms with E-state index in [0.717, 1.165) is 18.4 Å². The van der Waals surface area contributed by atoms with Crippen LogP contribution in [0.3, 0.4) is 0 Å². The Labute approximate surface area is 105 Å². The van der Waals surface area contributed by atoms with Crippen LogP contribution in [0.5, 0.6) is 0 Å². The SMILES string of the molecule is O=C1CCC(NC(=O)Cc2ccc(F)cc2)CC1. The van der Waals surface area contributed by atoms with E-state index in [1.807, 2.05) is 0 Å². The van der Waals surface area contributed by atoms with Gasteiger partial charge in [0.1, 0.15) is 11.6 Å². The Balaban J connectivity index is 1.81. The molecule has 96 valence electrons. The number of nitrogens with one attached hydrogen (secondary N) is 1. The van der Waals surface area contributed by atoms with E-state index in [-0.39, 0.29) is 30.0 Å². The van der Waals surface area contributed by atoms with Gasteiger partial charge in [0, 0.05) is 18.9 Å². The molecule has 1 aliphatic carbocycles. The van der Waals surface area contributed by atoms with E-state index in [9.17, 15) is 14.0 Å². The van der Waals surface area contributed by atoms with E-state index in [1.165, 1.54) is 12.1 Å². The van der Waals surface area contributed by atoms with Crippen molar-refractivity contribution in [1.29, 1.82) is 0 Å². The summed E-state index contributed by atoms with van der Waals surface area (Å²) in [5.41, 5.74) is 0.792. The van der Waals surface area contributed by atoms with Gasteiger partial charge in [0.25, 0.3) is 0 Å². The summed E-state index contributed by atoms with van der Waals surface area (Å²) >= 11 is 0. The van der Waals surface area contributed by atoms with E-state index in [4.69, 9.17) is 0 Å². The van der Waals surface area contributed by atoms with Crippen molar-refractivity contribution in [2.45, 2.75) is 38.1 Å². The van der Waals surface area contributed by atoms with Gasteiger partial charge in [-0.1, -0.05) is 12.1 Å². The molecule has 1 N–H and O–H groups in total. The molecular weight excluding hydrogens is 233 g/mol. The Bertz CT molecular complexity index is 432. The third-order valence-corrected chi connectivity index (χ3v) is 3.19. The van der Waals surface area contributed by atoms with Crippen LogP contribution in [-0.2, 0) is 16.0 Å². The average molecular weight is 249 g/mol. The van der Waals surface area contributed by atoms with Crippen LogP contribution in [0, 0.1) is 5.82 Å². The number of carbonyl (C=O) groups excluding carboxylic acids is 2. The Morgan fingerprint density at radius 1 is 1.22 bits per heavy atom. The third-order valence-electron chi connectivity index (χ3n) is 3.19. The second kappa shape index (κ2) is 5.76. The summed E-state index contributed by atoms with van der Waals surface area (Å²) in [4.78, 5) is 22.8. The number of carbonyl (C=O) groups is 2. The van der Waals surface area contributed by atoms with Gasteiger partial charge in [0.05, 0.1) is 6.42 Å². The van der Waals surface area contributed by atoms with Crippen molar-refractivity contribution in [3.8, 4) is 0 Å². The zero-order valence-corrected chi connectivity index (χ0v) is 10.1. The van der Waals surface area contributed by atoms with E-state index < -0.39 is 0 Å². The highest BCUT2D eigenvalue weighted by Crippen LogP contribution is 2.15. The Hall–Kier alpha value is -1.71. The Morgan fingerprint density at radius 3 is 2.44 bits per heavy atom. The van der Waals surface area contributed by atoms with Crippen molar-refractivity contribution in [2.75, 3.05) is 0 Å². The molecular formula is C14H16FNO2. The topological polar surface area (TPSA) is 46.2 Å². The van der Waals surface area contributed by atoms with Crippen LogP contribution in [0.2, 0.25) is 0 Å². The minimum atomic E-state index is -0.301. The predicted molar refractivity (Wildman–Crippen MR) is 65.5 cm³/mol. The van der Waals surface area contributed by atoms with Gasteiger partial charge >= 0.3 is 0 Å². The number of benzene rings is 1. The fraction of sp³-hybridized carbons (Fsp3) is 0.429. The Kier molecular flexibility index (Phi) is 4.07. The smallest absolute Gasteiger partial charge is 0.224 e. The van der Waals surface area contributed by atoms with E-state index in [0.29, 0.717) is 12.8 Å². The van der Waals surface area contributed by atoms with Gasteiger partial charge in [-0.25, -0.2) is 4.39 Å². The highest BCUT2D eigenvalue weighted by atomic mass is 19.1. The van der Waals surface area contributed by atoms with Crippen LogP contribution in [0.4, 0.5) is 4.39 Å². The van der Waals surface area contributed by atoms with Crippen molar-refractivity contribution in [1.82, 2.24) is 5.32 Å². The van der Waals surface area contributed by atoms with Gasteiger partial charge in [-0.3, -0.25) is 9.59 Å². The first-order chi connectivity index (χ1) is 8.63. The number of hydrogen-bond donors (Lipinski definition) is 1. The molecule has 0 bridgehead atoms. The fourth-order valence-electron chi connectivity index (χ4n) is 2.15. The summed E-state index contributed by atoms with van der Waals surface area (Å²) in [6, 6.07) is 6.03. The molecule has 0 radical (unpaired) electrons. The van der Waals surface area contributed by atoms with Crippen molar-refractivity contribution < 1.29 is 14.0 Å². The Morgan fingerprint density at radius 2 is 1.83 bits per heavy atom. The summed E-state index contributed by atoms with van der Waals surface area (Å²) in [6.45, 7) is 0. The minimum Gasteiger partial charge on any atom is -0.353 e.